The van der Waals surface area contributed by atoms with Gasteiger partial charge in [-0.1, -0.05) is 0 Å². The van der Waals surface area contributed by atoms with E-state index in [2.05, 4.69) is 4.18 Å². The molecule has 0 saturated heterocycles. The van der Waals surface area contributed by atoms with E-state index in [1.165, 1.54) is 13.8 Å². The molecular weight excluding hydrogens is 156 g/mol. The van der Waals surface area contributed by atoms with Gasteiger partial charge in [0.25, 0.3) is 10.1 Å². The van der Waals surface area contributed by atoms with Gasteiger partial charge in [-0.05, 0) is 13.8 Å². The summed E-state index contributed by atoms with van der Waals surface area (Å²) < 4.78 is 25.5. The van der Waals surface area contributed by atoms with Gasteiger partial charge in [-0.3, -0.25) is 4.18 Å². The van der Waals surface area contributed by atoms with Gasteiger partial charge in [0.1, 0.15) is 4.87 Å². The third-order valence-electron chi connectivity index (χ3n) is 0.864. The van der Waals surface area contributed by atoms with Crippen LogP contribution >= 0.6 is 0 Å². The van der Waals surface area contributed by atoms with Crippen molar-refractivity contribution < 1.29 is 12.6 Å². The fraction of sp³-hybridized carbons (Fsp3) is 1.00. The number of nitrogens with two attached hydrogens (primary N) is 1. The maximum absolute atomic E-state index is 10.7. The highest BCUT2D eigenvalue weighted by atomic mass is 32.2. The van der Waals surface area contributed by atoms with Crippen molar-refractivity contribution in [3.8, 4) is 0 Å². The van der Waals surface area contributed by atoms with Crippen molar-refractivity contribution in [3.63, 3.8) is 0 Å². The highest BCUT2D eigenvalue weighted by Crippen LogP contribution is 2.08. The van der Waals surface area contributed by atoms with Crippen LogP contribution in [0.5, 0.6) is 0 Å². The van der Waals surface area contributed by atoms with Crippen LogP contribution in [-0.4, -0.2) is 20.4 Å². The van der Waals surface area contributed by atoms with Gasteiger partial charge in [0, 0.05) is 0 Å². The van der Waals surface area contributed by atoms with E-state index in [1.807, 2.05) is 0 Å². The second-order valence-electron chi connectivity index (χ2n) is 2.22. The van der Waals surface area contributed by atoms with Crippen molar-refractivity contribution in [3.05, 3.63) is 0 Å². The van der Waals surface area contributed by atoms with Crippen LogP contribution in [-0.2, 0) is 14.3 Å². The third kappa shape index (κ3) is 2.61. The molecule has 0 rings (SSSR count). The predicted octanol–water partition coefficient (Wildman–Crippen LogP) is -0.181. The molecule has 64 valence electrons. The Balaban J connectivity index is 0. The topological polar surface area (TPSA) is 104 Å². The zero-order valence-electron chi connectivity index (χ0n) is 6.42. The largest absolute Gasteiger partial charge is 0.344 e. The molecule has 0 unspecified atom stereocenters. The van der Waals surface area contributed by atoms with E-state index < -0.39 is 15.0 Å². The fourth-order valence-corrected chi connectivity index (χ4v) is 0.644. The molecule has 0 atom stereocenters. The van der Waals surface area contributed by atoms with E-state index in [0.717, 1.165) is 7.11 Å². The van der Waals surface area contributed by atoms with Crippen molar-refractivity contribution >= 4 is 10.1 Å². The molecule has 0 fully saturated rings. The zero-order chi connectivity index (χ0) is 7.71. The molecule has 0 aliphatic carbocycles. The Morgan fingerprint density at radius 1 is 1.40 bits per heavy atom. The minimum atomic E-state index is -3.56. The first-order valence-electron chi connectivity index (χ1n) is 2.40. The second kappa shape index (κ2) is 3.29. The van der Waals surface area contributed by atoms with Crippen LogP contribution in [0.2, 0.25) is 0 Å². The smallest absolute Gasteiger partial charge is 0.285 e. The molecule has 0 aromatic rings. The Kier molecular flexibility index (Phi) is 4.11. The molecule has 6 heteroatoms. The summed E-state index contributed by atoms with van der Waals surface area (Å²) in [4.78, 5) is -1.30. The summed E-state index contributed by atoms with van der Waals surface area (Å²) >= 11 is 0. The molecule has 0 aliphatic rings. The quantitative estimate of drug-likeness (QED) is 0.559. The Morgan fingerprint density at radius 3 is 1.70 bits per heavy atom. The lowest BCUT2D eigenvalue weighted by molar-refractivity contribution is 0.373. The van der Waals surface area contributed by atoms with Gasteiger partial charge >= 0.3 is 0 Å². The SMILES string of the molecule is COS(=O)(=O)C(C)(C)N.N. The molecule has 0 spiro atoms. The van der Waals surface area contributed by atoms with Crippen LogP contribution in [0, 0.1) is 0 Å². The molecule has 0 amide bonds. The molecule has 5 nitrogen and oxygen atoms in total. The minimum absolute atomic E-state index is 0. The Morgan fingerprint density at radius 2 is 1.70 bits per heavy atom. The van der Waals surface area contributed by atoms with Gasteiger partial charge in [0.05, 0.1) is 7.11 Å². The molecule has 0 heterocycles. The summed E-state index contributed by atoms with van der Waals surface area (Å²) in [6, 6.07) is 0. The standard InChI is InChI=1S/C4H11NO3S.H3N/c1-4(2,5)9(6,7)8-3;/h5H2,1-3H3;1H3. The van der Waals surface area contributed by atoms with Crippen molar-refractivity contribution in [2.75, 3.05) is 7.11 Å². The van der Waals surface area contributed by atoms with Crippen LogP contribution in [0.15, 0.2) is 0 Å². The first-order chi connectivity index (χ1) is 3.81. The highest BCUT2D eigenvalue weighted by Gasteiger charge is 2.29. The van der Waals surface area contributed by atoms with E-state index in [-0.39, 0.29) is 6.15 Å². The summed E-state index contributed by atoms with van der Waals surface area (Å²) in [5.74, 6) is 0. The summed E-state index contributed by atoms with van der Waals surface area (Å²) in [5, 5.41) is 0. The van der Waals surface area contributed by atoms with Crippen LogP contribution < -0.4 is 11.9 Å². The van der Waals surface area contributed by atoms with Crippen LogP contribution in [0.25, 0.3) is 0 Å². The molecule has 0 saturated carbocycles. The summed E-state index contributed by atoms with van der Waals surface area (Å²) in [7, 11) is -2.47. The first kappa shape index (κ1) is 12.5. The van der Waals surface area contributed by atoms with Gasteiger partial charge in [0.2, 0.25) is 0 Å². The maximum Gasteiger partial charge on any atom is 0.285 e. The second-order valence-corrected chi connectivity index (χ2v) is 4.52. The molecule has 5 N–H and O–H groups in total. The van der Waals surface area contributed by atoms with E-state index >= 15 is 0 Å². The fourth-order valence-electron chi connectivity index (χ4n) is 0.215. The van der Waals surface area contributed by atoms with E-state index in [4.69, 9.17) is 5.73 Å². The monoisotopic (exact) mass is 170 g/mol. The first-order valence-corrected chi connectivity index (χ1v) is 3.81. The van der Waals surface area contributed by atoms with Gasteiger partial charge in [0.15, 0.2) is 0 Å². The molecule has 0 aromatic heterocycles. The van der Waals surface area contributed by atoms with E-state index in [9.17, 15) is 8.42 Å². The van der Waals surface area contributed by atoms with Crippen LogP contribution in [0.4, 0.5) is 0 Å². The highest BCUT2D eigenvalue weighted by molar-refractivity contribution is 7.88. The molecule has 10 heavy (non-hydrogen) atoms. The zero-order valence-corrected chi connectivity index (χ0v) is 7.23. The van der Waals surface area contributed by atoms with Gasteiger partial charge in [-0.2, -0.15) is 8.42 Å². The van der Waals surface area contributed by atoms with E-state index in [1.54, 1.807) is 0 Å². The lowest BCUT2D eigenvalue weighted by Gasteiger charge is -2.15. The molecule has 0 bridgehead atoms. The maximum atomic E-state index is 10.7. The minimum Gasteiger partial charge on any atom is -0.344 e. The van der Waals surface area contributed by atoms with Crippen LogP contribution in [0.3, 0.4) is 0 Å². The third-order valence-corrected chi connectivity index (χ3v) is 2.59. The molecule has 0 aromatic carbocycles. The predicted molar refractivity (Wildman–Crippen MR) is 39.2 cm³/mol. The molecule has 0 aliphatic heterocycles. The van der Waals surface area contributed by atoms with E-state index in [0.29, 0.717) is 0 Å². The lowest BCUT2D eigenvalue weighted by Crippen LogP contribution is -2.41. The average molecular weight is 170 g/mol. The molecule has 0 radical (unpaired) electrons. The normalized spacial score (nSPS) is 12.4. The van der Waals surface area contributed by atoms with Gasteiger partial charge in [-0.15, -0.1) is 0 Å². The van der Waals surface area contributed by atoms with Crippen molar-refractivity contribution in [2.45, 2.75) is 18.7 Å². The molecular formula is C4H14N2O3S. The Bertz CT molecular complexity index is 179. The van der Waals surface area contributed by atoms with Gasteiger partial charge in [-0.25, -0.2) is 0 Å². The number of rotatable bonds is 2. The Labute approximate surface area is 61.3 Å². The number of hydrogen-bond acceptors (Lipinski definition) is 5. The van der Waals surface area contributed by atoms with Crippen LogP contribution in [0.1, 0.15) is 13.8 Å². The number of hydrogen-bond donors (Lipinski definition) is 2. The lowest BCUT2D eigenvalue weighted by atomic mass is 10.4. The summed E-state index contributed by atoms with van der Waals surface area (Å²) in [6.07, 6.45) is 0. The summed E-state index contributed by atoms with van der Waals surface area (Å²) in [5.41, 5.74) is 5.21. The summed E-state index contributed by atoms with van der Waals surface area (Å²) in [6.45, 7) is 2.73. The average Bonchev–Trinajstić information content (AvgIpc) is 1.64. The van der Waals surface area contributed by atoms with Crippen molar-refractivity contribution in [1.82, 2.24) is 6.15 Å². The van der Waals surface area contributed by atoms with Gasteiger partial charge < -0.3 is 11.9 Å². The van der Waals surface area contributed by atoms with Crippen molar-refractivity contribution in [2.24, 2.45) is 5.73 Å². The Hall–Kier alpha value is -0.170. The van der Waals surface area contributed by atoms with Crippen molar-refractivity contribution in [1.29, 1.82) is 0 Å².